The Morgan fingerprint density at radius 1 is 1.31 bits per heavy atom. The third-order valence-corrected chi connectivity index (χ3v) is 4.34. The molecule has 2 rings (SSSR count). The molecule has 76 valence electrons. The van der Waals surface area contributed by atoms with Crippen LogP contribution < -0.4 is 0 Å². The summed E-state index contributed by atoms with van der Waals surface area (Å²) >= 11 is 3.64. The summed E-state index contributed by atoms with van der Waals surface area (Å²) in [6.45, 7) is 5.08. The molecule has 1 saturated carbocycles. The van der Waals surface area contributed by atoms with Gasteiger partial charge in [-0.1, -0.05) is 35.7 Å². The average molecular weight is 246 g/mol. The molecule has 1 nitrogen and oxygen atoms in total. The predicted molar refractivity (Wildman–Crippen MR) is 60.3 cm³/mol. The summed E-state index contributed by atoms with van der Waals surface area (Å²) in [5.41, 5.74) is 0. The lowest BCUT2D eigenvalue weighted by Gasteiger charge is -2.24. The van der Waals surface area contributed by atoms with Crippen LogP contribution in [0.15, 0.2) is 0 Å². The fourth-order valence-electron chi connectivity index (χ4n) is 2.37. The van der Waals surface area contributed by atoms with Crippen LogP contribution in [0.25, 0.3) is 0 Å². The Balaban J connectivity index is 1.76. The van der Waals surface area contributed by atoms with Gasteiger partial charge < -0.3 is 0 Å². The maximum atomic E-state index is 3.64. The third-order valence-electron chi connectivity index (χ3n) is 3.68. The summed E-state index contributed by atoms with van der Waals surface area (Å²) in [5, 5.41) is 1.17. The number of likely N-dealkylation sites (tertiary alicyclic amines) is 1. The van der Waals surface area contributed by atoms with Crippen molar-refractivity contribution in [1.82, 2.24) is 4.90 Å². The Bertz CT molecular complexity index is 167. The van der Waals surface area contributed by atoms with Gasteiger partial charge in [0.2, 0.25) is 0 Å². The Kier molecular flexibility index (Phi) is 3.31. The van der Waals surface area contributed by atoms with Crippen LogP contribution in [0.4, 0.5) is 0 Å². The van der Waals surface area contributed by atoms with E-state index in [0.29, 0.717) is 0 Å². The number of hydrogen-bond acceptors (Lipinski definition) is 1. The molecule has 1 saturated heterocycles. The minimum absolute atomic E-state index is 0.818. The van der Waals surface area contributed by atoms with Gasteiger partial charge in [0.15, 0.2) is 0 Å². The van der Waals surface area contributed by atoms with E-state index in [1.807, 2.05) is 0 Å². The smallest absolute Gasteiger partial charge is 0.0218 e. The molecule has 2 heteroatoms. The van der Waals surface area contributed by atoms with Crippen molar-refractivity contribution in [3.63, 3.8) is 0 Å². The van der Waals surface area contributed by atoms with Gasteiger partial charge in [-0.25, -0.2) is 0 Å². The molecule has 2 fully saturated rings. The summed E-state index contributed by atoms with van der Waals surface area (Å²) in [7, 11) is 0. The van der Waals surface area contributed by atoms with Crippen LogP contribution in [0.1, 0.15) is 32.6 Å². The van der Waals surface area contributed by atoms with Crippen LogP contribution in [0.5, 0.6) is 0 Å². The number of halogens is 1. The van der Waals surface area contributed by atoms with Gasteiger partial charge >= 0.3 is 0 Å². The largest absolute Gasteiger partial charge is 0.299 e. The quantitative estimate of drug-likeness (QED) is 0.689. The second-order valence-electron chi connectivity index (χ2n) is 4.76. The van der Waals surface area contributed by atoms with Gasteiger partial charge in [-0.15, -0.1) is 0 Å². The molecular formula is C11H20BrN. The van der Waals surface area contributed by atoms with E-state index in [-0.39, 0.29) is 0 Å². The van der Waals surface area contributed by atoms with E-state index in [9.17, 15) is 0 Å². The topological polar surface area (TPSA) is 3.24 Å². The molecule has 0 N–H and O–H groups in total. The van der Waals surface area contributed by atoms with Crippen molar-refractivity contribution in [2.24, 2.45) is 11.8 Å². The molecule has 0 aromatic carbocycles. The number of alkyl halides is 1. The number of nitrogens with zero attached hydrogens (tertiary/aromatic N) is 1. The van der Waals surface area contributed by atoms with Crippen LogP contribution >= 0.6 is 15.9 Å². The van der Waals surface area contributed by atoms with E-state index in [0.717, 1.165) is 17.9 Å². The van der Waals surface area contributed by atoms with Crippen LogP contribution in [0, 0.1) is 11.8 Å². The van der Waals surface area contributed by atoms with Crippen molar-refractivity contribution >= 4 is 15.9 Å². The first-order chi connectivity index (χ1) is 6.31. The molecular weight excluding hydrogens is 226 g/mol. The molecule has 2 aliphatic rings. The molecule has 1 heterocycles. The highest BCUT2D eigenvalue weighted by Gasteiger charge is 2.31. The van der Waals surface area contributed by atoms with Crippen molar-refractivity contribution in [3.05, 3.63) is 0 Å². The van der Waals surface area contributed by atoms with Crippen LogP contribution in [-0.4, -0.2) is 29.4 Å². The van der Waals surface area contributed by atoms with Crippen LogP contribution in [0.3, 0.4) is 0 Å². The van der Waals surface area contributed by atoms with E-state index in [2.05, 4.69) is 27.8 Å². The predicted octanol–water partition coefficient (Wildman–Crippen LogP) is 2.89. The summed E-state index contributed by atoms with van der Waals surface area (Å²) < 4.78 is 0. The monoisotopic (exact) mass is 245 g/mol. The van der Waals surface area contributed by atoms with Gasteiger partial charge in [-0.05, 0) is 37.8 Å². The SMILES string of the molecule is CC1CCN(CCC2CC2)C1CBr. The third kappa shape index (κ3) is 2.47. The van der Waals surface area contributed by atoms with Gasteiger partial charge in [0.05, 0.1) is 0 Å². The Morgan fingerprint density at radius 3 is 2.69 bits per heavy atom. The van der Waals surface area contributed by atoms with E-state index in [1.165, 1.54) is 44.1 Å². The maximum absolute atomic E-state index is 3.64. The zero-order valence-corrected chi connectivity index (χ0v) is 10.1. The van der Waals surface area contributed by atoms with Gasteiger partial charge in [0.25, 0.3) is 0 Å². The first-order valence-corrected chi connectivity index (χ1v) is 6.73. The fourth-order valence-corrected chi connectivity index (χ4v) is 3.42. The first-order valence-electron chi connectivity index (χ1n) is 5.61. The Morgan fingerprint density at radius 2 is 2.08 bits per heavy atom. The van der Waals surface area contributed by atoms with Crippen molar-refractivity contribution in [3.8, 4) is 0 Å². The zero-order chi connectivity index (χ0) is 9.26. The fraction of sp³-hybridized carbons (Fsp3) is 1.00. The molecule has 2 atom stereocenters. The summed E-state index contributed by atoms with van der Waals surface area (Å²) in [6.07, 6.45) is 5.86. The second-order valence-corrected chi connectivity index (χ2v) is 5.40. The van der Waals surface area contributed by atoms with Gasteiger partial charge in [-0.3, -0.25) is 4.90 Å². The van der Waals surface area contributed by atoms with Gasteiger partial charge in [-0.2, -0.15) is 0 Å². The summed E-state index contributed by atoms with van der Waals surface area (Å²) in [6, 6.07) is 0.818. The van der Waals surface area contributed by atoms with E-state index < -0.39 is 0 Å². The van der Waals surface area contributed by atoms with Crippen molar-refractivity contribution in [2.75, 3.05) is 18.4 Å². The minimum atomic E-state index is 0.818. The molecule has 0 spiro atoms. The average Bonchev–Trinajstić information content (AvgIpc) is 2.88. The maximum Gasteiger partial charge on any atom is 0.0218 e. The highest BCUT2D eigenvalue weighted by atomic mass is 79.9. The van der Waals surface area contributed by atoms with Crippen molar-refractivity contribution in [1.29, 1.82) is 0 Å². The van der Waals surface area contributed by atoms with Gasteiger partial charge in [0, 0.05) is 11.4 Å². The molecule has 0 radical (unpaired) electrons. The number of rotatable bonds is 4. The molecule has 1 aliphatic carbocycles. The molecule has 0 bridgehead atoms. The van der Waals surface area contributed by atoms with Crippen molar-refractivity contribution in [2.45, 2.75) is 38.6 Å². The lowest BCUT2D eigenvalue weighted by molar-refractivity contribution is 0.245. The lowest BCUT2D eigenvalue weighted by Crippen LogP contribution is -2.34. The molecule has 13 heavy (non-hydrogen) atoms. The van der Waals surface area contributed by atoms with Crippen LogP contribution in [-0.2, 0) is 0 Å². The summed E-state index contributed by atoms with van der Waals surface area (Å²) in [4.78, 5) is 2.69. The minimum Gasteiger partial charge on any atom is -0.299 e. The van der Waals surface area contributed by atoms with E-state index in [4.69, 9.17) is 0 Å². The molecule has 2 unspecified atom stereocenters. The van der Waals surface area contributed by atoms with E-state index >= 15 is 0 Å². The molecule has 1 aliphatic heterocycles. The normalized spacial score (nSPS) is 35.5. The van der Waals surface area contributed by atoms with E-state index in [1.54, 1.807) is 0 Å². The highest BCUT2D eigenvalue weighted by Crippen LogP contribution is 2.34. The van der Waals surface area contributed by atoms with Crippen molar-refractivity contribution < 1.29 is 0 Å². The molecule has 0 aromatic heterocycles. The highest BCUT2D eigenvalue weighted by molar-refractivity contribution is 9.09. The van der Waals surface area contributed by atoms with Crippen LogP contribution in [0.2, 0.25) is 0 Å². The molecule has 0 aromatic rings. The van der Waals surface area contributed by atoms with Gasteiger partial charge in [0.1, 0.15) is 0 Å². The second kappa shape index (κ2) is 4.31. The number of hydrogen-bond donors (Lipinski definition) is 0. The Hall–Kier alpha value is 0.440. The first kappa shape index (κ1) is 9.97. The summed E-state index contributed by atoms with van der Waals surface area (Å²) in [5.74, 6) is 1.99. The zero-order valence-electron chi connectivity index (χ0n) is 8.51. The lowest BCUT2D eigenvalue weighted by atomic mass is 10.1. The standard InChI is InChI=1S/C11H20BrN/c1-9-4-6-13(11(9)8-12)7-5-10-2-3-10/h9-11H,2-8H2,1H3. The Labute approximate surface area is 90.0 Å². The molecule has 0 amide bonds.